The number of hydrogen-bond acceptors (Lipinski definition) is 7. The van der Waals surface area contributed by atoms with Gasteiger partial charge in [-0.25, -0.2) is 4.98 Å². The van der Waals surface area contributed by atoms with Gasteiger partial charge in [0.2, 0.25) is 0 Å². The second-order valence-electron chi connectivity index (χ2n) is 2.57. The van der Waals surface area contributed by atoms with E-state index in [1.807, 2.05) is 0 Å². The van der Waals surface area contributed by atoms with E-state index in [1.165, 1.54) is 18.4 Å². The van der Waals surface area contributed by atoms with Gasteiger partial charge in [-0.05, 0) is 0 Å². The lowest BCUT2D eigenvalue weighted by atomic mass is 10.3. The number of amides is 1. The predicted octanol–water partition coefficient (Wildman–Crippen LogP) is -0.609. The SMILES string of the molecule is CO/N=C(\C(=O)NCC=O)c1csc(N)n1. The molecule has 0 aliphatic rings. The Morgan fingerprint density at radius 3 is 3.06 bits per heavy atom. The lowest BCUT2D eigenvalue weighted by Gasteiger charge is -2.01. The fraction of sp³-hybridized carbons (Fsp3) is 0.250. The molecule has 0 aliphatic carbocycles. The van der Waals surface area contributed by atoms with Crippen LogP contribution in [0, 0.1) is 0 Å². The highest BCUT2D eigenvalue weighted by atomic mass is 32.1. The molecule has 1 heterocycles. The average Bonchev–Trinajstić information content (AvgIpc) is 2.69. The summed E-state index contributed by atoms with van der Waals surface area (Å²) in [7, 11) is 1.31. The summed E-state index contributed by atoms with van der Waals surface area (Å²) in [6.45, 7) is -0.0960. The Kier molecular flexibility index (Phi) is 4.40. The van der Waals surface area contributed by atoms with Crippen molar-refractivity contribution in [2.24, 2.45) is 5.16 Å². The van der Waals surface area contributed by atoms with Crippen LogP contribution in [0.15, 0.2) is 10.5 Å². The molecule has 0 saturated carbocycles. The number of oxime groups is 1. The molecule has 0 aromatic carbocycles. The van der Waals surface area contributed by atoms with E-state index < -0.39 is 5.91 Å². The summed E-state index contributed by atoms with van der Waals surface area (Å²) in [5.74, 6) is -0.542. The molecule has 0 bridgehead atoms. The lowest BCUT2D eigenvalue weighted by molar-refractivity contribution is -0.117. The Bertz CT molecular complexity index is 415. The van der Waals surface area contributed by atoms with Crippen LogP contribution in [0.4, 0.5) is 5.13 Å². The molecule has 86 valence electrons. The fourth-order valence-electron chi connectivity index (χ4n) is 0.910. The first-order valence-electron chi connectivity index (χ1n) is 4.23. The predicted molar refractivity (Wildman–Crippen MR) is 59.1 cm³/mol. The first-order valence-corrected chi connectivity index (χ1v) is 5.11. The molecule has 3 N–H and O–H groups in total. The number of aldehydes is 1. The van der Waals surface area contributed by atoms with Crippen LogP contribution < -0.4 is 11.1 Å². The van der Waals surface area contributed by atoms with Crippen molar-refractivity contribution < 1.29 is 14.4 Å². The van der Waals surface area contributed by atoms with E-state index in [0.717, 1.165) is 0 Å². The van der Waals surface area contributed by atoms with E-state index in [9.17, 15) is 9.59 Å². The highest BCUT2D eigenvalue weighted by Crippen LogP contribution is 2.12. The van der Waals surface area contributed by atoms with Crippen LogP contribution in [-0.2, 0) is 14.4 Å². The van der Waals surface area contributed by atoms with Gasteiger partial charge in [0, 0.05) is 5.38 Å². The van der Waals surface area contributed by atoms with Crippen molar-refractivity contribution in [2.45, 2.75) is 0 Å². The minimum Gasteiger partial charge on any atom is -0.398 e. The van der Waals surface area contributed by atoms with Gasteiger partial charge in [-0.1, -0.05) is 5.16 Å². The number of carbonyl (C=O) groups excluding carboxylic acids is 2. The van der Waals surface area contributed by atoms with E-state index in [-0.39, 0.29) is 12.3 Å². The summed E-state index contributed by atoms with van der Waals surface area (Å²) in [5.41, 5.74) is 5.73. The lowest BCUT2D eigenvalue weighted by Crippen LogP contribution is -2.33. The standard InChI is InChI=1S/C8H10N4O3S/c1-15-12-6(7(14)10-2-3-13)5-4-16-8(9)11-5/h3-4H,2H2,1H3,(H2,9,11)(H,10,14)/b12-6-. The van der Waals surface area contributed by atoms with Gasteiger partial charge in [-0.2, -0.15) is 0 Å². The largest absolute Gasteiger partial charge is 0.398 e. The number of aromatic nitrogens is 1. The molecule has 1 amide bonds. The maximum atomic E-state index is 11.5. The van der Waals surface area contributed by atoms with E-state index >= 15 is 0 Å². The van der Waals surface area contributed by atoms with Crippen molar-refractivity contribution in [1.82, 2.24) is 10.3 Å². The molecule has 0 unspecified atom stereocenters. The molecule has 0 radical (unpaired) electrons. The summed E-state index contributed by atoms with van der Waals surface area (Å²) in [6.07, 6.45) is 0.567. The zero-order chi connectivity index (χ0) is 12.0. The van der Waals surface area contributed by atoms with Crippen LogP contribution in [-0.4, -0.2) is 36.5 Å². The number of nitrogens with two attached hydrogens (primary N) is 1. The zero-order valence-electron chi connectivity index (χ0n) is 8.47. The second kappa shape index (κ2) is 5.81. The van der Waals surface area contributed by atoms with Gasteiger partial charge in [0.05, 0.1) is 6.54 Å². The third-order valence-electron chi connectivity index (χ3n) is 1.51. The number of hydrogen-bond donors (Lipinski definition) is 2. The number of nitrogen functional groups attached to an aromatic ring is 1. The van der Waals surface area contributed by atoms with Crippen molar-refractivity contribution in [3.05, 3.63) is 11.1 Å². The number of nitrogens with zero attached hydrogens (tertiary/aromatic N) is 2. The third-order valence-corrected chi connectivity index (χ3v) is 2.18. The molecule has 1 rings (SSSR count). The summed E-state index contributed by atoms with van der Waals surface area (Å²) in [5, 5.41) is 7.77. The first kappa shape index (κ1) is 12.1. The van der Waals surface area contributed by atoms with Gasteiger partial charge in [-0.3, -0.25) is 4.79 Å². The Hall–Kier alpha value is -1.96. The first-order chi connectivity index (χ1) is 7.69. The Morgan fingerprint density at radius 1 is 1.81 bits per heavy atom. The minimum absolute atomic E-state index is 0.0164. The maximum Gasteiger partial charge on any atom is 0.275 e. The van der Waals surface area contributed by atoms with E-state index in [2.05, 4.69) is 20.3 Å². The van der Waals surface area contributed by atoms with Crippen molar-refractivity contribution in [3.63, 3.8) is 0 Å². The second-order valence-corrected chi connectivity index (χ2v) is 3.46. The number of anilines is 1. The highest BCUT2D eigenvalue weighted by Gasteiger charge is 2.17. The Morgan fingerprint density at radius 2 is 2.56 bits per heavy atom. The summed E-state index contributed by atoms with van der Waals surface area (Å²) < 4.78 is 0. The molecule has 7 nitrogen and oxygen atoms in total. The molecule has 16 heavy (non-hydrogen) atoms. The van der Waals surface area contributed by atoms with E-state index in [1.54, 1.807) is 5.38 Å². The monoisotopic (exact) mass is 242 g/mol. The van der Waals surface area contributed by atoms with Crippen LogP contribution >= 0.6 is 11.3 Å². The van der Waals surface area contributed by atoms with E-state index in [4.69, 9.17) is 5.73 Å². The molecule has 0 spiro atoms. The normalized spacial score (nSPS) is 10.9. The number of nitrogens with one attached hydrogen (secondary N) is 1. The van der Waals surface area contributed by atoms with Crippen LogP contribution in [0.1, 0.15) is 5.69 Å². The van der Waals surface area contributed by atoms with Gasteiger partial charge in [-0.15, -0.1) is 11.3 Å². The van der Waals surface area contributed by atoms with Crippen molar-refractivity contribution >= 4 is 34.4 Å². The van der Waals surface area contributed by atoms with Gasteiger partial charge in [0.25, 0.3) is 5.91 Å². The molecule has 1 aromatic heterocycles. The molecule has 0 atom stereocenters. The third kappa shape index (κ3) is 3.02. The summed E-state index contributed by atoms with van der Waals surface area (Å²) in [4.78, 5) is 30.1. The van der Waals surface area contributed by atoms with Crippen LogP contribution in [0.5, 0.6) is 0 Å². The van der Waals surface area contributed by atoms with Crippen LogP contribution in [0.3, 0.4) is 0 Å². The molecular weight excluding hydrogens is 232 g/mol. The number of thiazole rings is 1. The van der Waals surface area contributed by atoms with Crippen molar-refractivity contribution in [2.75, 3.05) is 19.4 Å². The van der Waals surface area contributed by atoms with E-state index in [0.29, 0.717) is 17.1 Å². The molecule has 8 heteroatoms. The average molecular weight is 242 g/mol. The van der Waals surface area contributed by atoms with Crippen LogP contribution in [0.25, 0.3) is 0 Å². The molecule has 0 saturated heterocycles. The highest BCUT2D eigenvalue weighted by molar-refractivity contribution is 7.13. The topological polar surface area (TPSA) is 107 Å². The summed E-state index contributed by atoms with van der Waals surface area (Å²) in [6, 6.07) is 0. The van der Waals surface area contributed by atoms with Crippen molar-refractivity contribution in [3.8, 4) is 0 Å². The molecule has 0 fully saturated rings. The maximum absolute atomic E-state index is 11.5. The summed E-state index contributed by atoms with van der Waals surface area (Å²) >= 11 is 1.18. The van der Waals surface area contributed by atoms with Crippen molar-refractivity contribution in [1.29, 1.82) is 0 Å². The van der Waals surface area contributed by atoms with Gasteiger partial charge >= 0.3 is 0 Å². The Labute approximate surface area is 95.3 Å². The minimum atomic E-state index is -0.542. The Balaban J connectivity index is 2.87. The van der Waals surface area contributed by atoms with Gasteiger partial charge in [0.1, 0.15) is 19.1 Å². The van der Waals surface area contributed by atoms with Gasteiger partial charge in [0.15, 0.2) is 10.8 Å². The number of carbonyl (C=O) groups is 2. The quantitative estimate of drug-likeness (QED) is 0.407. The van der Waals surface area contributed by atoms with Gasteiger partial charge < -0.3 is 20.7 Å². The van der Waals surface area contributed by atoms with Crippen LogP contribution in [0.2, 0.25) is 0 Å². The zero-order valence-corrected chi connectivity index (χ0v) is 9.28. The smallest absolute Gasteiger partial charge is 0.275 e. The molecular formula is C8H10N4O3S. The fourth-order valence-corrected chi connectivity index (χ4v) is 1.46. The molecule has 0 aliphatic heterocycles. The molecule has 1 aromatic rings. The number of rotatable bonds is 5.